The number of nitrogens with one attached hydrogen (secondary N) is 2. The summed E-state index contributed by atoms with van der Waals surface area (Å²) in [5.74, 6) is 0.211. The van der Waals surface area contributed by atoms with Gasteiger partial charge in [-0.3, -0.25) is 4.79 Å². The maximum atomic E-state index is 13.4. The van der Waals surface area contributed by atoms with Gasteiger partial charge in [0.05, 0.1) is 17.9 Å². The van der Waals surface area contributed by atoms with Crippen LogP contribution in [0, 0.1) is 0 Å². The average Bonchev–Trinajstić information content (AvgIpc) is 3.38. The van der Waals surface area contributed by atoms with E-state index in [1.54, 1.807) is 20.8 Å². The second kappa shape index (κ2) is 14.7. The zero-order chi connectivity index (χ0) is 32.6. The third-order valence-corrected chi connectivity index (χ3v) is 8.70. The van der Waals surface area contributed by atoms with E-state index >= 15 is 0 Å². The van der Waals surface area contributed by atoms with Crippen LogP contribution < -0.4 is 10.6 Å². The third kappa shape index (κ3) is 10.5. The molecule has 1 aromatic heterocycles. The molecule has 3 amide bonds. The van der Waals surface area contributed by atoms with Gasteiger partial charge in [-0.05, 0) is 38.4 Å². The number of benzene rings is 2. The van der Waals surface area contributed by atoms with Gasteiger partial charge in [0.1, 0.15) is 30.8 Å². The summed E-state index contributed by atoms with van der Waals surface area (Å²) in [5, 5.41) is 5.90. The van der Waals surface area contributed by atoms with Gasteiger partial charge in [0.2, 0.25) is 5.91 Å². The lowest BCUT2D eigenvalue weighted by atomic mass is 10.1. The highest BCUT2D eigenvalue weighted by Gasteiger charge is 2.31. The molecular weight excluding hydrogens is 590 g/mol. The lowest BCUT2D eigenvalue weighted by Gasteiger charge is -2.30. The summed E-state index contributed by atoms with van der Waals surface area (Å²) in [5.41, 5.74) is 1.97. The molecule has 3 aromatic rings. The number of para-hydroxylation sites is 1. The van der Waals surface area contributed by atoms with E-state index in [1.165, 1.54) is 4.90 Å². The first-order chi connectivity index (χ1) is 21.3. The highest BCUT2D eigenvalue weighted by molar-refractivity contribution is 6.76. The Morgan fingerprint density at radius 2 is 1.78 bits per heavy atom. The zero-order valence-corrected chi connectivity index (χ0v) is 28.1. The Bertz CT molecular complexity index is 1460. The van der Waals surface area contributed by atoms with Crippen LogP contribution in [0.4, 0.5) is 15.3 Å². The molecule has 0 unspecified atom stereocenters. The van der Waals surface area contributed by atoms with Gasteiger partial charge in [-0.25, -0.2) is 14.6 Å². The normalized spacial score (nSPS) is 15.6. The van der Waals surface area contributed by atoms with E-state index < -0.39 is 31.9 Å². The predicted octanol–water partition coefficient (Wildman–Crippen LogP) is 6.41. The molecule has 0 radical (unpaired) electrons. The first kappa shape index (κ1) is 33.7. The molecule has 1 aliphatic heterocycles. The van der Waals surface area contributed by atoms with Crippen molar-refractivity contribution in [2.24, 2.45) is 0 Å². The molecule has 11 nitrogen and oxygen atoms in total. The number of amides is 3. The number of ether oxygens (including phenoxy) is 3. The Kier molecular flexibility index (Phi) is 11.0. The van der Waals surface area contributed by atoms with Crippen LogP contribution in [0.2, 0.25) is 25.7 Å². The number of anilines is 1. The summed E-state index contributed by atoms with van der Waals surface area (Å²) < 4.78 is 19.2. The quantitative estimate of drug-likeness (QED) is 0.217. The van der Waals surface area contributed by atoms with E-state index in [0.717, 1.165) is 17.2 Å². The number of fused-ring (bicyclic) bond motifs is 4. The van der Waals surface area contributed by atoms with Crippen molar-refractivity contribution in [3.63, 3.8) is 0 Å². The van der Waals surface area contributed by atoms with Gasteiger partial charge in [0, 0.05) is 39.4 Å². The Balaban J connectivity index is 1.72. The topological polar surface area (TPSA) is 124 Å². The van der Waals surface area contributed by atoms with E-state index in [0.29, 0.717) is 23.8 Å². The molecule has 2 heterocycles. The maximum absolute atomic E-state index is 13.4. The van der Waals surface area contributed by atoms with Gasteiger partial charge >= 0.3 is 12.2 Å². The van der Waals surface area contributed by atoms with Crippen LogP contribution in [0.1, 0.15) is 44.6 Å². The number of alkyl carbamates (subject to hydrolysis) is 1. The summed E-state index contributed by atoms with van der Waals surface area (Å²) in [6.45, 7) is 13.1. The van der Waals surface area contributed by atoms with Gasteiger partial charge in [0.25, 0.3) is 0 Å². The van der Waals surface area contributed by atoms with E-state index in [-0.39, 0.29) is 38.8 Å². The van der Waals surface area contributed by atoms with Crippen LogP contribution in [-0.2, 0) is 32.3 Å². The van der Waals surface area contributed by atoms with Crippen LogP contribution >= 0.6 is 0 Å². The predicted molar refractivity (Wildman–Crippen MR) is 175 cm³/mol. The third-order valence-electron chi connectivity index (χ3n) is 6.99. The minimum Gasteiger partial charge on any atom is -0.445 e. The van der Waals surface area contributed by atoms with Crippen molar-refractivity contribution < 1.29 is 28.6 Å². The van der Waals surface area contributed by atoms with Crippen molar-refractivity contribution >= 4 is 31.9 Å². The van der Waals surface area contributed by atoms with E-state index in [2.05, 4.69) is 30.3 Å². The molecule has 1 aliphatic rings. The Labute approximate surface area is 266 Å². The molecule has 0 spiro atoms. The first-order valence-electron chi connectivity index (χ1n) is 15.3. The van der Waals surface area contributed by atoms with Crippen molar-refractivity contribution in [1.29, 1.82) is 0 Å². The summed E-state index contributed by atoms with van der Waals surface area (Å²) in [4.78, 5) is 46.1. The van der Waals surface area contributed by atoms with Crippen LogP contribution in [0.5, 0.6) is 0 Å². The zero-order valence-electron chi connectivity index (χ0n) is 27.1. The minimum atomic E-state index is -1.33. The number of rotatable bonds is 8. The van der Waals surface area contributed by atoms with Crippen molar-refractivity contribution in [1.82, 2.24) is 19.8 Å². The van der Waals surface area contributed by atoms with Crippen molar-refractivity contribution in [2.45, 2.75) is 77.9 Å². The molecular formula is C33H45N5O6Si. The largest absolute Gasteiger partial charge is 0.445 e. The van der Waals surface area contributed by atoms with Gasteiger partial charge in [-0.2, -0.15) is 0 Å². The standard InChI is InChI=1S/C33H45N5O6Si/c1-33(2,3)44-32(41)37-17-16-29(39)34-26-15-11-10-14-25(26)27-20-38(23-42-18-19-45(4,5)6)30(35-27)28(21-37)36-31(40)43-22-24-12-8-7-9-13-24/h7-15,20,28H,16-19,21-23H2,1-6H3,(H,34,39)(H,36,40)/t28-/m0/s1. The second-order valence-corrected chi connectivity index (χ2v) is 19.0. The summed E-state index contributed by atoms with van der Waals surface area (Å²) in [6.07, 6.45) is 0.582. The monoisotopic (exact) mass is 635 g/mol. The number of hydrogen-bond acceptors (Lipinski definition) is 7. The Hall–Kier alpha value is -4.16. The number of carbonyl (C=O) groups is 3. The SMILES string of the molecule is CC(C)(C)OC(=O)N1CCC(=O)Nc2ccccc2-c2cn(COCC[Si](C)(C)C)c(n2)[C@@H](NC(=O)OCc2ccccc2)C1. The number of aromatic nitrogens is 2. The highest BCUT2D eigenvalue weighted by atomic mass is 28.3. The molecule has 2 bridgehead atoms. The van der Waals surface area contributed by atoms with Gasteiger partial charge < -0.3 is 34.3 Å². The fourth-order valence-electron chi connectivity index (χ4n) is 4.65. The van der Waals surface area contributed by atoms with Crippen LogP contribution in [0.25, 0.3) is 11.3 Å². The molecule has 1 atom stereocenters. The highest BCUT2D eigenvalue weighted by Crippen LogP contribution is 2.30. The first-order valence-corrected chi connectivity index (χ1v) is 19.0. The van der Waals surface area contributed by atoms with Crippen LogP contribution in [0.15, 0.2) is 60.8 Å². The lowest BCUT2D eigenvalue weighted by Crippen LogP contribution is -2.45. The van der Waals surface area contributed by atoms with Gasteiger partial charge in [-0.1, -0.05) is 68.2 Å². The van der Waals surface area contributed by atoms with Gasteiger partial charge in [0.15, 0.2) is 0 Å². The number of nitrogens with zero attached hydrogens (tertiary/aromatic N) is 3. The molecule has 242 valence electrons. The maximum Gasteiger partial charge on any atom is 0.410 e. The van der Waals surface area contributed by atoms with E-state index in [1.807, 2.05) is 65.4 Å². The van der Waals surface area contributed by atoms with Crippen LogP contribution in [-0.4, -0.2) is 65.9 Å². The number of hydrogen-bond donors (Lipinski definition) is 2. The molecule has 0 saturated heterocycles. The average molecular weight is 636 g/mol. The second-order valence-electron chi connectivity index (χ2n) is 13.3. The molecule has 0 fully saturated rings. The molecule has 4 rings (SSSR count). The number of carbonyl (C=O) groups excluding carboxylic acids is 3. The molecule has 12 heteroatoms. The van der Waals surface area contributed by atoms with Crippen molar-refractivity contribution in [3.8, 4) is 11.3 Å². The smallest absolute Gasteiger partial charge is 0.410 e. The summed E-state index contributed by atoms with van der Waals surface area (Å²) in [6, 6.07) is 16.9. The molecule has 2 N–H and O–H groups in total. The van der Waals surface area contributed by atoms with E-state index in [9.17, 15) is 14.4 Å². The molecule has 2 aromatic carbocycles. The number of imidazole rings is 1. The summed E-state index contributed by atoms with van der Waals surface area (Å²) >= 11 is 0. The molecule has 0 saturated carbocycles. The van der Waals surface area contributed by atoms with E-state index in [4.69, 9.17) is 19.2 Å². The minimum absolute atomic E-state index is 0.0182. The van der Waals surface area contributed by atoms with Crippen molar-refractivity contribution in [3.05, 3.63) is 72.2 Å². The fourth-order valence-corrected chi connectivity index (χ4v) is 5.41. The summed E-state index contributed by atoms with van der Waals surface area (Å²) in [7, 11) is -1.33. The van der Waals surface area contributed by atoms with Crippen LogP contribution in [0.3, 0.4) is 0 Å². The molecule has 0 aliphatic carbocycles. The lowest BCUT2D eigenvalue weighted by molar-refractivity contribution is -0.116. The Morgan fingerprint density at radius 3 is 2.49 bits per heavy atom. The molecule has 45 heavy (non-hydrogen) atoms. The fraction of sp³-hybridized carbons (Fsp3) is 0.455. The van der Waals surface area contributed by atoms with Crippen molar-refractivity contribution in [2.75, 3.05) is 25.0 Å². The van der Waals surface area contributed by atoms with Gasteiger partial charge in [-0.15, -0.1) is 0 Å². The Morgan fingerprint density at radius 1 is 1.07 bits per heavy atom.